The van der Waals surface area contributed by atoms with Crippen molar-refractivity contribution in [1.82, 2.24) is 0 Å². The quantitative estimate of drug-likeness (QED) is 0.0863. The Labute approximate surface area is 278 Å². The first-order chi connectivity index (χ1) is 23.2. The third-order valence-electron chi connectivity index (χ3n) is 9.60. The fraction of sp³-hybridized carbons (Fsp3) is 0.333. The van der Waals surface area contributed by atoms with Gasteiger partial charge in [-0.05, 0) is 90.5 Å². The molecule has 13 heteroatoms. The van der Waals surface area contributed by atoms with Crippen molar-refractivity contribution in [3.8, 4) is 5.75 Å². The summed E-state index contributed by atoms with van der Waals surface area (Å²) < 4.78 is 88.1. The number of phenols is 1. The molecular formula is C36H32BF6NO5. The predicted octanol–water partition coefficient (Wildman–Crippen LogP) is 8.16. The molecule has 0 radical (unpaired) electrons. The smallest absolute Gasteiger partial charge is 0.455 e. The van der Waals surface area contributed by atoms with E-state index < -0.39 is 72.0 Å². The van der Waals surface area contributed by atoms with Gasteiger partial charge in [-0.2, -0.15) is 26.3 Å². The van der Waals surface area contributed by atoms with E-state index in [0.29, 0.717) is 36.3 Å². The van der Waals surface area contributed by atoms with Crippen molar-refractivity contribution < 1.29 is 50.7 Å². The molecule has 1 aliphatic carbocycles. The number of amides is 2. The van der Waals surface area contributed by atoms with Crippen molar-refractivity contribution in [2.24, 2.45) is 17.8 Å². The summed E-state index contributed by atoms with van der Waals surface area (Å²) in [6.07, 6.45) is -7.79. The molecule has 3 aliphatic rings. The fourth-order valence-corrected chi connectivity index (χ4v) is 7.48. The maximum Gasteiger partial charge on any atom is 0.455 e. The highest BCUT2D eigenvalue weighted by molar-refractivity contribution is 6.43. The average molecular weight is 683 g/mol. The molecule has 2 aliphatic heterocycles. The third-order valence-corrected chi connectivity index (χ3v) is 9.60. The van der Waals surface area contributed by atoms with E-state index in [0.717, 1.165) is 27.8 Å². The molecule has 2 amide bonds. The number of alkyl halides is 6. The van der Waals surface area contributed by atoms with Crippen LogP contribution in [0, 0.1) is 17.8 Å². The molecule has 4 atom stereocenters. The van der Waals surface area contributed by atoms with Crippen molar-refractivity contribution in [3.63, 3.8) is 0 Å². The van der Waals surface area contributed by atoms with E-state index in [2.05, 4.69) is 0 Å². The topological polar surface area (TPSA) is 87.1 Å². The van der Waals surface area contributed by atoms with Crippen molar-refractivity contribution in [2.45, 2.75) is 57.4 Å². The summed E-state index contributed by atoms with van der Waals surface area (Å²) in [6.45, 7) is 1.86. The number of benzene rings is 3. The second-order valence-corrected chi connectivity index (χ2v) is 12.6. The molecule has 49 heavy (non-hydrogen) atoms. The normalized spacial score (nSPS) is 23.2. The van der Waals surface area contributed by atoms with Crippen LogP contribution in [0.15, 0.2) is 83.9 Å². The van der Waals surface area contributed by atoms with Gasteiger partial charge in [0, 0.05) is 0 Å². The molecule has 6 nitrogen and oxygen atoms in total. The van der Waals surface area contributed by atoms with Crippen LogP contribution in [0.2, 0.25) is 6.32 Å². The van der Waals surface area contributed by atoms with E-state index in [1.54, 1.807) is 18.2 Å². The van der Waals surface area contributed by atoms with Crippen LogP contribution in [0.3, 0.4) is 0 Å². The molecule has 2 N–H and O–H groups in total. The number of allylic oxidation sites excluding steroid dienone is 2. The zero-order valence-corrected chi connectivity index (χ0v) is 26.3. The molecule has 0 saturated carbocycles. The van der Waals surface area contributed by atoms with Gasteiger partial charge in [-0.25, -0.2) is 4.90 Å². The molecule has 0 aromatic heterocycles. The van der Waals surface area contributed by atoms with Crippen LogP contribution in [-0.4, -0.2) is 35.2 Å². The molecule has 0 unspecified atom stereocenters. The molecule has 0 bridgehead atoms. The van der Waals surface area contributed by atoms with Gasteiger partial charge in [-0.15, -0.1) is 0 Å². The summed E-state index contributed by atoms with van der Waals surface area (Å²) in [6, 6.07) is 17.0. The number of hydrogen-bond acceptors (Lipinski definition) is 5. The third kappa shape index (κ3) is 6.91. The van der Waals surface area contributed by atoms with Crippen LogP contribution >= 0.6 is 0 Å². The Morgan fingerprint density at radius 3 is 2.20 bits per heavy atom. The van der Waals surface area contributed by atoms with Crippen LogP contribution in [0.5, 0.6) is 5.75 Å². The molecule has 3 aromatic rings. The first kappa shape index (κ1) is 34.5. The Bertz CT molecular complexity index is 1790. The zero-order valence-electron chi connectivity index (χ0n) is 26.3. The number of imide groups is 1. The van der Waals surface area contributed by atoms with Gasteiger partial charge < -0.3 is 14.8 Å². The molecule has 256 valence electrons. The van der Waals surface area contributed by atoms with Crippen molar-refractivity contribution in [1.29, 1.82) is 0 Å². The van der Waals surface area contributed by atoms with Gasteiger partial charge in [0.15, 0.2) is 0 Å². The lowest BCUT2D eigenvalue weighted by molar-refractivity contribution is -0.143. The van der Waals surface area contributed by atoms with Gasteiger partial charge in [-0.3, -0.25) is 9.59 Å². The molecule has 6 rings (SSSR count). The van der Waals surface area contributed by atoms with E-state index in [1.807, 2.05) is 49.4 Å². The van der Waals surface area contributed by atoms with Crippen LogP contribution < -0.4 is 4.90 Å². The van der Waals surface area contributed by atoms with Crippen molar-refractivity contribution in [2.75, 3.05) is 4.90 Å². The van der Waals surface area contributed by atoms with Crippen LogP contribution in [0.25, 0.3) is 11.6 Å². The highest BCUT2D eigenvalue weighted by Crippen LogP contribution is 2.52. The predicted molar refractivity (Wildman–Crippen MR) is 171 cm³/mol. The summed E-state index contributed by atoms with van der Waals surface area (Å²) in [5.41, 5.74) is 0.0754. The average Bonchev–Trinajstić information content (AvgIpc) is 3.30. The molecule has 3 aromatic carbocycles. The Balaban J connectivity index is 1.34. The summed E-state index contributed by atoms with van der Waals surface area (Å²) >= 11 is 0. The Morgan fingerprint density at radius 2 is 1.59 bits per heavy atom. The monoisotopic (exact) mass is 683 g/mol. The SMILES string of the molecule is CCC1=C2[C@@H](CC/C(=C/c3cccc(O)c3)c3ccccc3)OB(O)C[C@@H]2[C@@H]2C(=O)N(c3cc(C(F)(F)F)cc(C(F)(F)F)c3)C(=O)[C@@H]2C1. The van der Waals surface area contributed by atoms with Gasteiger partial charge in [0.2, 0.25) is 11.8 Å². The maximum absolute atomic E-state index is 14.0. The van der Waals surface area contributed by atoms with Crippen molar-refractivity contribution >= 4 is 36.3 Å². The minimum Gasteiger partial charge on any atom is -0.508 e. The molecule has 2 saturated heterocycles. The number of rotatable bonds is 7. The maximum atomic E-state index is 14.0. The van der Waals surface area contributed by atoms with E-state index in [-0.39, 0.29) is 24.6 Å². The molecule has 2 fully saturated rings. The van der Waals surface area contributed by atoms with E-state index in [1.165, 1.54) is 0 Å². The molecule has 0 spiro atoms. The van der Waals surface area contributed by atoms with E-state index in [4.69, 9.17) is 4.65 Å². The number of phenolic OH excluding ortho intramolecular Hbond substituents is 1. The van der Waals surface area contributed by atoms with Gasteiger partial charge in [-0.1, -0.05) is 61.0 Å². The van der Waals surface area contributed by atoms with Crippen LogP contribution in [0.4, 0.5) is 32.0 Å². The fourth-order valence-electron chi connectivity index (χ4n) is 7.48. The Morgan fingerprint density at radius 1 is 0.918 bits per heavy atom. The zero-order chi connectivity index (χ0) is 35.2. The highest BCUT2D eigenvalue weighted by Gasteiger charge is 2.58. The minimum absolute atomic E-state index is 0.0471. The van der Waals surface area contributed by atoms with Gasteiger partial charge in [0.05, 0.1) is 34.8 Å². The number of hydrogen-bond donors (Lipinski definition) is 2. The van der Waals surface area contributed by atoms with Gasteiger partial charge in [0.25, 0.3) is 0 Å². The van der Waals surface area contributed by atoms with E-state index >= 15 is 0 Å². The first-order valence-corrected chi connectivity index (χ1v) is 15.9. The lowest BCUT2D eigenvalue weighted by atomic mass is 9.58. The number of nitrogens with zero attached hydrogens (tertiary/aromatic N) is 1. The standard InChI is InChI=1S/C36H32BF6NO5/c1-2-21-15-28-32(34(47)44(33(28)46)26-17-24(35(38,39)40)16-25(18-26)36(41,42)43)29-19-37(48)49-30(31(21)29)12-11-23(22-8-4-3-5-9-22)13-20-7-6-10-27(45)14-20/h3-10,13-14,16-18,28-30,32,45,48H,2,11-12,15,19H2,1H3/b23-13-/t28-,29+,30-,32-/m1/s1. The molecule has 2 heterocycles. The van der Waals surface area contributed by atoms with Gasteiger partial charge in [0.1, 0.15) is 5.75 Å². The second-order valence-electron chi connectivity index (χ2n) is 12.6. The van der Waals surface area contributed by atoms with E-state index in [9.17, 15) is 46.1 Å². The van der Waals surface area contributed by atoms with Crippen molar-refractivity contribution in [3.05, 3.63) is 106 Å². The number of carbonyl (C=O) groups is 2. The molecular weight excluding hydrogens is 651 g/mol. The summed E-state index contributed by atoms with van der Waals surface area (Å²) in [5, 5.41) is 20.9. The summed E-state index contributed by atoms with van der Waals surface area (Å²) in [4.78, 5) is 28.2. The largest absolute Gasteiger partial charge is 0.508 e. The van der Waals surface area contributed by atoms with Gasteiger partial charge >= 0.3 is 19.5 Å². The first-order valence-electron chi connectivity index (χ1n) is 15.9. The highest BCUT2D eigenvalue weighted by atomic mass is 19.4. The number of anilines is 1. The number of fused-ring (bicyclic) bond motifs is 3. The Kier molecular flexibility index (Phi) is 9.27. The summed E-state index contributed by atoms with van der Waals surface area (Å²) in [5.74, 6) is -4.50. The second kappa shape index (κ2) is 13.2. The lowest BCUT2D eigenvalue weighted by Gasteiger charge is -2.43. The Hall–Kier alpha value is -4.36. The number of halogens is 6. The lowest BCUT2D eigenvalue weighted by Crippen LogP contribution is -2.46. The van der Waals surface area contributed by atoms with Crippen LogP contribution in [0.1, 0.15) is 54.9 Å². The van der Waals surface area contributed by atoms with Crippen LogP contribution in [-0.2, 0) is 26.6 Å². The number of aromatic hydroxyl groups is 1. The summed E-state index contributed by atoms with van der Waals surface area (Å²) in [7, 11) is -1.33. The number of carbonyl (C=O) groups excluding carboxylic acids is 2. The minimum atomic E-state index is -5.16.